The molecule has 0 aliphatic carbocycles. The molecular formula is C18H19ClIN3OS. The van der Waals surface area contributed by atoms with E-state index in [2.05, 4.69) is 39.5 Å². The van der Waals surface area contributed by atoms with Crippen molar-refractivity contribution in [3.63, 3.8) is 0 Å². The Kier molecular flexibility index (Phi) is 7.58. The molecular weight excluding hydrogens is 469 g/mol. The van der Waals surface area contributed by atoms with Crippen LogP contribution in [-0.2, 0) is 0 Å². The molecule has 25 heavy (non-hydrogen) atoms. The van der Waals surface area contributed by atoms with Crippen molar-refractivity contribution < 1.29 is 4.79 Å². The van der Waals surface area contributed by atoms with Gasteiger partial charge >= 0.3 is 6.03 Å². The van der Waals surface area contributed by atoms with E-state index in [-0.39, 0.29) is 12.1 Å². The molecule has 1 N–H and O–H groups in total. The maximum Gasteiger partial charge on any atom is 0.321 e. The first kappa shape index (κ1) is 20.1. The molecule has 1 unspecified atom stereocenters. The summed E-state index contributed by atoms with van der Waals surface area (Å²) in [5, 5.41) is 4.32. The highest BCUT2D eigenvalue weighted by molar-refractivity contribution is 14.1. The van der Waals surface area contributed by atoms with Gasteiger partial charge in [-0.25, -0.2) is 9.78 Å². The van der Waals surface area contributed by atoms with Crippen molar-refractivity contribution >= 4 is 57.7 Å². The number of pyridine rings is 1. The van der Waals surface area contributed by atoms with Gasteiger partial charge in [-0.2, -0.15) is 0 Å². The molecule has 0 bridgehead atoms. The van der Waals surface area contributed by atoms with Crippen LogP contribution in [0.15, 0.2) is 59.0 Å². The van der Waals surface area contributed by atoms with Crippen LogP contribution in [0.5, 0.6) is 0 Å². The number of nitrogens with zero attached hydrogens (tertiary/aromatic N) is 2. The van der Waals surface area contributed by atoms with E-state index in [4.69, 9.17) is 11.6 Å². The Bertz CT molecular complexity index is 772. The number of rotatable bonds is 6. The van der Waals surface area contributed by atoms with E-state index in [1.165, 1.54) is 11.8 Å². The number of carbonyl (C=O) groups excluding carboxylic acids is 1. The number of carbonyl (C=O) groups is 1. The highest BCUT2D eigenvalue weighted by Crippen LogP contribution is 2.34. The summed E-state index contributed by atoms with van der Waals surface area (Å²) >= 11 is 10.0. The van der Waals surface area contributed by atoms with Crippen LogP contribution in [0.25, 0.3) is 0 Å². The minimum atomic E-state index is -0.176. The Labute approximate surface area is 171 Å². The standard InChI is InChI=1S/C18H19ClIN3OS/c1-4-6-12(2)23(3)18(24)21-13-9-10-15(14(19)11-13)25-17-8-5-7-16(20)22-17/h4-5,7-12H,1,6H2,2-3H3,(H,21,24). The summed E-state index contributed by atoms with van der Waals surface area (Å²) in [6.45, 7) is 5.68. The van der Waals surface area contributed by atoms with E-state index in [0.717, 1.165) is 20.0 Å². The van der Waals surface area contributed by atoms with Crippen molar-refractivity contribution in [2.75, 3.05) is 12.4 Å². The normalized spacial score (nSPS) is 11.7. The largest absolute Gasteiger partial charge is 0.325 e. The van der Waals surface area contributed by atoms with Gasteiger partial charge in [0.05, 0.1) is 5.02 Å². The van der Waals surface area contributed by atoms with Crippen molar-refractivity contribution in [2.24, 2.45) is 0 Å². The molecule has 0 saturated heterocycles. The molecule has 1 heterocycles. The molecule has 1 aromatic heterocycles. The van der Waals surface area contributed by atoms with Gasteiger partial charge in [0.1, 0.15) is 8.73 Å². The SMILES string of the molecule is C=CCC(C)N(C)C(=O)Nc1ccc(Sc2cccc(I)n2)c(Cl)c1. The van der Waals surface area contributed by atoms with Crippen molar-refractivity contribution in [2.45, 2.75) is 29.3 Å². The number of urea groups is 1. The van der Waals surface area contributed by atoms with Crippen molar-refractivity contribution in [3.8, 4) is 0 Å². The van der Waals surface area contributed by atoms with Gasteiger partial charge in [-0.1, -0.05) is 35.5 Å². The molecule has 0 fully saturated rings. The molecule has 1 atom stereocenters. The zero-order valence-electron chi connectivity index (χ0n) is 14.0. The lowest BCUT2D eigenvalue weighted by Gasteiger charge is -2.24. The van der Waals surface area contributed by atoms with E-state index in [1.54, 1.807) is 24.1 Å². The quantitative estimate of drug-likeness (QED) is 0.312. The minimum Gasteiger partial charge on any atom is -0.325 e. The van der Waals surface area contributed by atoms with Crippen LogP contribution in [0.1, 0.15) is 13.3 Å². The number of hydrogen-bond donors (Lipinski definition) is 1. The summed E-state index contributed by atoms with van der Waals surface area (Å²) in [6.07, 6.45) is 2.54. The third kappa shape index (κ3) is 5.90. The van der Waals surface area contributed by atoms with Gasteiger partial charge in [-0.15, -0.1) is 6.58 Å². The van der Waals surface area contributed by atoms with Crippen molar-refractivity contribution in [1.29, 1.82) is 0 Å². The second kappa shape index (κ2) is 9.45. The summed E-state index contributed by atoms with van der Waals surface area (Å²) in [5.41, 5.74) is 0.660. The maximum atomic E-state index is 12.3. The number of nitrogens with one attached hydrogen (secondary N) is 1. The van der Waals surface area contributed by atoms with Crippen molar-refractivity contribution in [3.05, 3.63) is 57.8 Å². The fraction of sp³-hybridized carbons (Fsp3) is 0.222. The van der Waals surface area contributed by atoms with Crippen LogP contribution in [0.3, 0.4) is 0 Å². The third-order valence-electron chi connectivity index (χ3n) is 3.58. The fourth-order valence-electron chi connectivity index (χ4n) is 2.03. The lowest BCUT2D eigenvalue weighted by atomic mass is 10.2. The fourth-order valence-corrected chi connectivity index (χ4v) is 3.77. The number of hydrogen-bond acceptors (Lipinski definition) is 3. The zero-order valence-corrected chi connectivity index (χ0v) is 17.7. The van der Waals surface area contributed by atoms with E-state index in [0.29, 0.717) is 10.7 Å². The molecule has 0 saturated carbocycles. The second-order valence-electron chi connectivity index (χ2n) is 5.46. The van der Waals surface area contributed by atoms with Crippen LogP contribution in [0.4, 0.5) is 10.5 Å². The molecule has 7 heteroatoms. The molecule has 2 rings (SSSR count). The number of halogens is 2. The van der Waals surface area contributed by atoms with Gasteiger partial charge in [-0.3, -0.25) is 0 Å². The van der Waals surface area contributed by atoms with Crippen LogP contribution >= 0.6 is 46.0 Å². The minimum absolute atomic E-state index is 0.0782. The van der Waals surface area contributed by atoms with Gasteiger partial charge < -0.3 is 10.2 Å². The Balaban J connectivity index is 2.06. The molecule has 0 spiro atoms. The zero-order chi connectivity index (χ0) is 18.4. The number of benzene rings is 1. The summed E-state index contributed by atoms with van der Waals surface area (Å²) in [6, 6.07) is 11.2. The van der Waals surface area contributed by atoms with Crippen LogP contribution in [0.2, 0.25) is 5.02 Å². The summed E-state index contributed by atoms with van der Waals surface area (Å²) in [7, 11) is 1.76. The Morgan fingerprint density at radius 3 is 2.88 bits per heavy atom. The predicted molar refractivity (Wildman–Crippen MR) is 114 cm³/mol. The highest BCUT2D eigenvalue weighted by atomic mass is 127. The molecule has 0 radical (unpaired) electrons. The van der Waals surface area contributed by atoms with Gasteiger partial charge in [0.15, 0.2) is 0 Å². The molecule has 132 valence electrons. The van der Waals surface area contributed by atoms with Crippen molar-refractivity contribution in [1.82, 2.24) is 9.88 Å². The second-order valence-corrected chi connectivity index (χ2v) is 8.03. The molecule has 4 nitrogen and oxygen atoms in total. The lowest BCUT2D eigenvalue weighted by Crippen LogP contribution is -2.37. The smallest absolute Gasteiger partial charge is 0.321 e. The van der Waals surface area contributed by atoms with Gasteiger partial charge in [-0.05, 0) is 66.3 Å². The first-order valence-electron chi connectivity index (χ1n) is 7.65. The monoisotopic (exact) mass is 487 g/mol. The third-order valence-corrected chi connectivity index (χ3v) is 5.61. The van der Waals surface area contributed by atoms with E-state index in [1.807, 2.05) is 37.3 Å². The first-order chi connectivity index (χ1) is 11.9. The molecule has 1 aromatic carbocycles. The van der Waals surface area contributed by atoms with E-state index < -0.39 is 0 Å². The average molecular weight is 488 g/mol. The number of aromatic nitrogens is 1. The van der Waals surface area contributed by atoms with Crippen LogP contribution < -0.4 is 5.32 Å². The summed E-state index contributed by atoms with van der Waals surface area (Å²) < 4.78 is 0.930. The Hall–Kier alpha value is -1.25. The van der Waals surface area contributed by atoms with Crippen LogP contribution in [-0.4, -0.2) is 29.0 Å². The Morgan fingerprint density at radius 1 is 1.48 bits per heavy atom. The van der Waals surface area contributed by atoms with Crippen LogP contribution in [0, 0.1) is 3.70 Å². The van der Waals surface area contributed by atoms with Gasteiger partial charge in [0.25, 0.3) is 0 Å². The lowest BCUT2D eigenvalue weighted by molar-refractivity contribution is 0.208. The molecule has 2 amide bonds. The molecule has 0 aliphatic heterocycles. The predicted octanol–water partition coefficient (Wildman–Crippen LogP) is 5.92. The van der Waals surface area contributed by atoms with E-state index in [9.17, 15) is 4.79 Å². The number of amides is 2. The maximum absolute atomic E-state index is 12.3. The van der Waals surface area contributed by atoms with Gasteiger partial charge in [0, 0.05) is 23.7 Å². The highest BCUT2D eigenvalue weighted by Gasteiger charge is 2.15. The average Bonchev–Trinajstić information content (AvgIpc) is 2.57. The summed E-state index contributed by atoms with van der Waals surface area (Å²) in [4.78, 5) is 19.3. The topological polar surface area (TPSA) is 45.2 Å². The first-order valence-corrected chi connectivity index (χ1v) is 9.92. The number of anilines is 1. The molecule has 0 aliphatic rings. The Morgan fingerprint density at radius 2 is 2.24 bits per heavy atom. The summed E-state index contributed by atoms with van der Waals surface area (Å²) in [5.74, 6) is 0. The van der Waals surface area contributed by atoms with Gasteiger partial charge in [0.2, 0.25) is 0 Å². The molecule has 2 aromatic rings. The van der Waals surface area contributed by atoms with E-state index >= 15 is 0 Å².